The number of ether oxygens (including phenoxy) is 1. The summed E-state index contributed by atoms with van der Waals surface area (Å²) in [6.07, 6.45) is 0.566. The molecule has 1 aliphatic carbocycles. The summed E-state index contributed by atoms with van der Waals surface area (Å²) in [6, 6.07) is 6.03. The lowest BCUT2D eigenvalue weighted by Gasteiger charge is -2.19. The van der Waals surface area contributed by atoms with E-state index in [2.05, 4.69) is 0 Å². The Balaban J connectivity index is 1.98. The smallest absolute Gasteiger partial charge is 0.362 e. The summed E-state index contributed by atoms with van der Waals surface area (Å²) in [5, 5.41) is 10.4. The van der Waals surface area contributed by atoms with E-state index in [-0.39, 0.29) is 23.3 Å². The van der Waals surface area contributed by atoms with Gasteiger partial charge in [-0.1, -0.05) is 25.4 Å². The number of hydrogen-bond donors (Lipinski definition) is 3. The maximum absolute atomic E-state index is 14.6. The third-order valence-corrected chi connectivity index (χ3v) is 5.56. The van der Waals surface area contributed by atoms with Crippen LogP contribution in [-0.4, -0.2) is 21.2 Å². The summed E-state index contributed by atoms with van der Waals surface area (Å²) in [7, 11) is -4.29. The topological polar surface area (TPSA) is 87.0 Å². The van der Waals surface area contributed by atoms with E-state index in [1.807, 2.05) is 13.8 Å². The van der Waals surface area contributed by atoms with Crippen LogP contribution in [0.2, 0.25) is 5.02 Å². The zero-order valence-corrected chi connectivity index (χ0v) is 16.6. The van der Waals surface area contributed by atoms with Gasteiger partial charge in [-0.2, -0.15) is 0 Å². The van der Waals surface area contributed by atoms with Gasteiger partial charge in [-0.15, -0.1) is 0 Å². The van der Waals surface area contributed by atoms with Gasteiger partial charge in [0.05, 0.1) is 0 Å². The molecule has 3 rings (SSSR count). The van der Waals surface area contributed by atoms with Crippen molar-refractivity contribution in [3.63, 3.8) is 0 Å². The van der Waals surface area contributed by atoms with Crippen LogP contribution >= 0.6 is 19.2 Å². The number of aryl methyl sites for hydroxylation is 1. The summed E-state index contributed by atoms with van der Waals surface area (Å²) in [6.45, 7) is 3.86. The lowest BCUT2D eigenvalue weighted by atomic mass is 9.89. The van der Waals surface area contributed by atoms with E-state index in [1.54, 1.807) is 12.1 Å². The van der Waals surface area contributed by atoms with Gasteiger partial charge in [-0.3, -0.25) is 4.57 Å². The van der Waals surface area contributed by atoms with Crippen molar-refractivity contribution in [1.29, 1.82) is 0 Å². The summed E-state index contributed by atoms with van der Waals surface area (Å²) < 4.78 is 30.7. The van der Waals surface area contributed by atoms with Crippen molar-refractivity contribution in [2.24, 2.45) is 0 Å². The minimum atomic E-state index is -4.29. The van der Waals surface area contributed by atoms with Gasteiger partial charge in [0.2, 0.25) is 0 Å². The van der Waals surface area contributed by atoms with Gasteiger partial charge >= 0.3 is 7.60 Å². The molecule has 0 aromatic heterocycles. The molecule has 146 valence electrons. The Morgan fingerprint density at radius 2 is 2.00 bits per heavy atom. The first-order chi connectivity index (χ1) is 12.6. The third-order valence-electron chi connectivity index (χ3n) is 4.78. The molecule has 8 heteroatoms. The maximum atomic E-state index is 14.6. The van der Waals surface area contributed by atoms with Crippen molar-refractivity contribution in [2.75, 3.05) is 6.35 Å². The molecule has 0 radical (unpaired) electrons. The van der Waals surface area contributed by atoms with Crippen molar-refractivity contribution in [3.05, 3.63) is 57.4 Å². The Morgan fingerprint density at radius 3 is 2.63 bits per heavy atom. The first-order valence-electron chi connectivity index (χ1n) is 8.59. The molecule has 0 unspecified atom stereocenters. The zero-order valence-electron chi connectivity index (χ0n) is 14.9. The van der Waals surface area contributed by atoms with Crippen molar-refractivity contribution < 1.29 is 28.6 Å². The van der Waals surface area contributed by atoms with Gasteiger partial charge in [0.25, 0.3) is 0 Å². The molecule has 5 nitrogen and oxygen atoms in total. The minimum Gasteiger partial charge on any atom is -0.508 e. The quantitative estimate of drug-likeness (QED) is 0.606. The van der Waals surface area contributed by atoms with E-state index < -0.39 is 19.8 Å². The number of rotatable bonds is 5. The molecule has 1 aliphatic rings. The Bertz CT molecular complexity index is 925. The second-order valence-electron chi connectivity index (χ2n) is 7.09. The molecule has 3 N–H and O–H groups in total. The molecule has 0 amide bonds. The fourth-order valence-corrected chi connectivity index (χ4v) is 4.25. The number of aromatic hydroxyl groups is 1. The van der Waals surface area contributed by atoms with E-state index in [1.165, 1.54) is 6.07 Å². The van der Waals surface area contributed by atoms with Crippen LogP contribution in [0.1, 0.15) is 54.4 Å². The molecule has 0 spiro atoms. The molecular weight excluding hydrogens is 394 g/mol. The number of phenolic OH excluding ortho intramolecular Hbond substituents is 1. The average molecular weight is 415 g/mol. The maximum Gasteiger partial charge on any atom is 0.362 e. The molecule has 27 heavy (non-hydrogen) atoms. The predicted molar refractivity (Wildman–Crippen MR) is 101 cm³/mol. The Hall–Kier alpha value is -1.59. The third kappa shape index (κ3) is 4.30. The van der Waals surface area contributed by atoms with Gasteiger partial charge in [-0.25, -0.2) is 4.39 Å². The molecule has 1 atom stereocenters. The zero-order chi connectivity index (χ0) is 19.9. The van der Waals surface area contributed by atoms with E-state index in [0.29, 0.717) is 29.0 Å². The van der Waals surface area contributed by atoms with Crippen LogP contribution in [0.25, 0.3) is 0 Å². The summed E-state index contributed by atoms with van der Waals surface area (Å²) in [5.41, 5.74) is 2.82. The lowest BCUT2D eigenvalue weighted by Crippen LogP contribution is -2.04. The largest absolute Gasteiger partial charge is 0.508 e. The highest BCUT2D eigenvalue weighted by Crippen LogP contribution is 2.46. The fourth-order valence-electron chi connectivity index (χ4n) is 3.57. The van der Waals surface area contributed by atoms with E-state index in [9.17, 15) is 14.1 Å². The molecular formula is C19H21ClFO5P. The first kappa shape index (κ1) is 20.2. The second kappa shape index (κ2) is 7.44. The molecule has 2 aromatic rings. The summed E-state index contributed by atoms with van der Waals surface area (Å²) in [4.78, 5) is 17.9. The number of halogens is 2. The predicted octanol–water partition coefficient (Wildman–Crippen LogP) is 4.90. The molecule has 0 fully saturated rings. The second-order valence-corrected chi connectivity index (χ2v) is 9.09. The van der Waals surface area contributed by atoms with Crippen molar-refractivity contribution in [2.45, 2.75) is 38.5 Å². The monoisotopic (exact) mass is 414 g/mol. The molecule has 0 saturated heterocycles. The van der Waals surface area contributed by atoms with Crippen LogP contribution in [0.3, 0.4) is 0 Å². The van der Waals surface area contributed by atoms with Gasteiger partial charge in [0, 0.05) is 17.0 Å². The van der Waals surface area contributed by atoms with E-state index >= 15 is 0 Å². The van der Waals surface area contributed by atoms with Crippen LogP contribution in [0.5, 0.6) is 11.5 Å². The number of fused-ring (bicyclic) bond motifs is 1. The Morgan fingerprint density at radius 1 is 1.30 bits per heavy atom. The SMILES string of the molecule is CC(C)c1cc([C@@H]2CCc3cc(OCP(=O)(O)O)cc(Cl)c32)c(F)cc1O. The standard InChI is InChI=1S/C19H21ClFO5P/c1-10(2)14-7-15(17(21)8-18(14)22)13-4-3-11-5-12(6-16(20)19(11)13)26-9-27(23,24)25/h5-8,10,13,22H,3-4,9H2,1-2H3,(H2,23,24,25)/t13-/m0/s1. The van der Waals surface area contributed by atoms with Gasteiger partial charge < -0.3 is 19.6 Å². The minimum absolute atomic E-state index is 0.0455. The number of benzene rings is 2. The van der Waals surface area contributed by atoms with E-state index in [0.717, 1.165) is 17.2 Å². The average Bonchev–Trinajstić information content (AvgIpc) is 2.96. The van der Waals surface area contributed by atoms with Crippen LogP contribution in [-0.2, 0) is 11.0 Å². The normalized spacial score (nSPS) is 16.6. The molecule has 0 saturated carbocycles. The lowest BCUT2D eigenvalue weighted by molar-refractivity contribution is 0.300. The van der Waals surface area contributed by atoms with Crippen molar-refractivity contribution in [3.8, 4) is 11.5 Å². The van der Waals surface area contributed by atoms with Gasteiger partial charge in [0.15, 0.2) is 6.35 Å². The van der Waals surface area contributed by atoms with Crippen LogP contribution in [0, 0.1) is 5.82 Å². The van der Waals surface area contributed by atoms with Gasteiger partial charge in [-0.05, 0) is 59.2 Å². The van der Waals surface area contributed by atoms with Crippen LogP contribution in [0.4, 0.5) is 4.39 Å². The fraction of sp³-hybridized carbons (Fsp3) is 0.368. The van der Waals surface area contributed by atoms with Crippen molar-refractivity contribution in [1.82, 2.24) is 0 Å². The highest BCUT2D eigenvalue weighted by Gasteiger charge is 2.30. The first-order valence-corrected chi connectivity index (χ1v) is 10.8. The Kier molecular flexibility index (Phi) is 5.55. The highest BCUT2D eigenvalue weighted by molar-refractivity contribution is 7.51. The highest BCUT2D eigenvalue weighted by atomic mass is 35.5. The van der Waals surface area contributed by atoms with Gasteiger partial charge in [0.1, 0.15) is 17.3 Å². The number of hydrogen-bond acceptors (Lipinski definition) is 3. The van der Waals surface area contributed by atoms with Crippen molar-refractivity contribution >= 4 is 19.2 Å². The summed E-state index contributed by atoms with van der Waals surface area (Å²) >= 11 is 6.41. The van der Waals surface area contributed by atoms with E-state index in [4.69, 9.17) is 26.1 Å². The van der Waals surface area contributed by atoms with Crippen LogP contribution < -0.4 is 4.74 Å². The number of phenols is 1. The molecule has 0 aliphatic heterocycles. The summed E-state index contributed by atoms with van der Waals surface area (Å²) in [5.74, 6) is -0.466. The Labute approximate surface area is 161 Å². The molecule has 0 heterocycles. The molecule has 2 aromatic carbocycles. The molecule has 0 bridgehead atoms. The van der Waals surface area contributed by atoms with Crippen LogP contribution in [0.15, 0.2) is 24.3 Å².